The molecule has 110 valence electrons. The van der Waals surface area contributed by atoms with Crippen LogP contribution in [0.3, 0.4) is 0 Å². The van der Waals surface area contributed by atoms with Crippen LogP contribution in [0.5, 0.6) is 5.75 Å². The Morgan fingerprint density at radius 2 is 1.86 bits per heavy atom. The van der Waals surface area contributed by atoms with Gasteiger partial charge in [0.25, 0.3) is 0 Å². The third kappa shape index (κ3) is 3.49. The second-order valence-electron chi connectivity index (χ2n) is 4.59. The van der Waals surface area contributed by atoms with Crippen LogP contribution in [0.2, 0.25) is 10.0 Å². The minimum absolute atomic E-state index is 0.214. The van der Waals surface area contributed by atoms with Gasteiger partial charge in [-0.3, -0.25) is 0 Å². The molecule has 0 aliphatic rings. The van der Waals surface area contributed by atoms with Crippen molar-refractivity contribution in [1.82, 2.24) is 0 Å². The van der Waals surface area contributed by atoms with E-state index in [2.05, 4.69) is 0 Å². The van der Waals surface area contributed by atoms with Crippen molar-refractivity contribution in [3.05, 3.63) is 51.5 Å². The topological polar surface area (TPSA) is 46.5 Å². The van der Waals surface area contributed by atoms with Gasteiger partial charge in [0.2, 0.25) is 0 Å². The average Bonchev–Trinajstić information content (AvgIpc) is 2.42. The predicted octanol–water partition coefficient (Wildman–Crippen LogP) is 5.07. The van der Waals surface area contributed by atoms with Crippen LogP contribution in [0.15, 0.2) is 30.3 Å². The molecule has 0 unspecified atom stereocenters. The van der Waals surface area contributed by atoms with Gasteiger partial charge in [0.05, 0.1) is 22.2 Å². The quantitative estimate of drug-likeness (QED) is 0.854. The lowest BCUT2D eigenvalue weighted by Gasteiger charge is -2.11. The summed E-state index contributed by atoms with van der Waals surface area (Å²) in [5.74, 6) is -0.466. The van der Waals surface area contributed by atoms with E-state index in [0.717, 1.165) is 5.56 Å². The van der Waals surface area contributed by atoms with Crippen LogP contribution in [0.25, 0.3) is 11.1 Å². The maximum absolute atomic E-state index is 11.1. The van der Waals surface area contributed by atoms with Gasteiger partial charge in [-0.05, 0) is 43.2 Å². The van der Waals surface area contributed by atoms with Gasteiger partial charge in [-0.25, -0.2) is 4.79 Å². The maximum atomic E-state index is 11.1. The van der Waals surface area contributed by atoms with E-state index in [4.69, 9.17) is 33.0 Å². The summed E-state index contributed by atoms with van der Waals surface area (Å²) in [6, 6.07) is 8.38. The van der Waals surface area contributed by atoms with E-state index in [1.54, 1.807) is 24.3 Å². The molecule has 21 heavy (non-hydrogen) atoms. The molecule has 0 radical (unpaired) electrons. The molecule has 0 aliphatic heterocycles. The number of carboxylic acid groups (broad SMARTS) is 1. The third-order valence-corrected chi connectivity index (χ3v) is 3.56. The summed E-state index contributed by atoms with van der Waals surface area (Å²) in [4.78, 5) is 11.1. The molecular weight excluding hydrogens is 311 g/mol. The molecule has 0 heterocycles. The Hall–Kier alpha value is -1.71. The lowest BCUT2D eigenvalue weighted by molar-refractivity contribution is 0.0697. The Balaban J connectivity index is 2.56. The molecule has 3 nitrogen and oxygen atoms in total. The van der Waals surface area contributed by atoms with Crippen molar-refractivity contribution >= 4 is 29.2 Å². The van der Waals surface area contributed by atoms with Crippen molar-refractivity contribution in [2.45, 2.75) is 13.8 Å². The number of benzene rings is 2. The summed E-state index contributed by atoms with van der Waals surface area (Å²) < 4.78 is 5.38. The molecule has 2 aromatic rings. The smallest absolute Gasteiger partial charge is 0.335 e. The van der Waals surface area contributed by atoms with Crippen LogP contribution in [0, 0.1) is 6.92 Å². The van der Waals surface area contributed by atoms with E-state index in [9.17, 15) is 4.79 Å². The zero-order valence-electron chi connectivity index (χ0n) is 11.6. The summed E-state index contributed by atoms with van der Waals surface area (Å²) in [5.41, 5.74) is 2.44. The zero-order valence-corrected chi connectivity index (χ0v) is 13.1. The highest BCUT2D eigenvalue weighted by Crippen LogP contribution is 2.37. The molecule has 0 spiro atoms. The standard InChI is InChI=1S/C16H14Cl2O3/c1-3-21-15-8-13(17)12(7-14(15)18)10-4-9(2)5-11(6-10)16(19)20/h4-8H,3H2,1-2H3,(H,19,20). The molecule has 0 aromatic heterocycles. The molecule has 5 heteroatoms. The molecule has 2 rings (SSSR count). The summed E-state index contributed by atoms with van der Waals surface area (Å²) in [5, 5.41) is 10.0. The first-order valence-corrected chi connectivity index (χ1v) is 7.15. The normalized spacial score (nSPS) is 10.5. The van der Waals surface area contributed by atoms with E-state index in [-0.39, 0.29) is 5.56 Å². The molecule has 1 N–H and O–H groups in total. The van der Waals surface area contributed by atoms with E-state index in [0.29, 0.717) is 33.5 Å². The van der Waals surface area contributed by atoms with Crippen LogP contribution in [0.4, 0.5) is 0 Å². The molecular formula is C16H14Cl2O3. The van der Waals surface area contributed by atoms with Crippen molar-refractivity contribution in [1.29, 1.82) is 0 Å². The van der Waals surface area contributed by atoms with Gasteiger partial charge < -0.3 is 9.84 Å². The molecule has 0 saturated carbocycles. The van der Waals surface area contributed by atoms with Gasteiger partial charge in [-0.15, -0.1) is 0 Å². The van der Waals surface area contributed by atoms with Gasteiger partial charge in [0, 0.05) is 11.6 Å². The largest absolute Gasteiger partial charge is 0.492 e. The summed E-state index contributed by atoms with van der Waals surface area (Å²) in [6.45, 7) is 4.18. The molecule has 0 aliphatic carbocycles. The maximum Gasteiger partial charge on any atom is 0.335 e. The number of carboxylic acids is 1. The van der Waals surface area contributed by atoms with Crippen molar-refractivity contribution in [3.63, 3.8) is 0 Å². The van der Waals surface area contributed by atoms with Crippen LogP contribution >= 0.6 is 23.2 Å². The number of aryl methyl sites for hydroxylation is 1. The monoisotopic (exact) mass is 324 g/mol. The Morgan fingerprint density at radius 3 is 2.48 bits per heavy atom. The third-order valence-electron chi connectivity index (χ3n) is 2.96. The van der Waals surface area contributed by atoms with E-state index in [1.165, 1.54) is 0 Å². The highest BCUT2D eigenvalue weighted by atomic mass is 35.5. The van der Waals surface area contributed by atoms with Gasteiger partial charge >= 0.3 is 5.97 Å². The van der Waals surface area contributed by atoms with Gasteiger partial charge in [0.15, 0.2) is 0 Å². The molecule has 0 atom stereocenters. The Bertz CT molecular complexity index is 696. The predicted molar refractivity (Wildman–Crippen MR) is 84.8 cm³/mol. The van der Waals surface area contributed by atoms with E-state index >= 15 is 0 Å². The average molecular weight is 325 g/mol. The first-order valence-electron chi connectivity index (χ1n) is 6.39. The SMILES string of the molecule is CCOc1cc(Cl)c(-c2cc(C)cc(C(=O)O)c2)cc1Cl. The Morgan fingerprint density at radius 1 is 1.14 bits per heavy atom. The fourth-order valence-electron chi connectivity index (χ4n) is 2.08. The van der Waals surface area contributed by atoms with Crippen molar-refractivity contribution in [2.24, 2.45) is 0 Å². The van der Waals surface area contributed by atoms with Gasteiger partial charge in [0.1, 0.15) is 5.75 Å². The van der Waals surface area contributed by atoms with Crippen LogP contribution in [-0.2, 0) is 0 Å². The summed E-state index contributed by atoms with van der Waals surface area (Å²) in [7, 11) is 0. The van der Waals surface area contributed by atoms with Crippen LogP contribution < -0.4 is 4.74 Å². The summed E-state index contributed by atoms with van der Waals surface area (Å²) >= 11 is 12.4. The van der Waals surface area contributed by atoms with Gasteiger partial charge in [-0.2, -0.15) is 0 Å². The Labute approximate surface area is 133 Å². The molecule has 0 bridgehead atoms. The number of carbonyl (C=O) groups is 1. The van der Waals surface area contributed by atoms with Crippen LogP contribution in [-0.4, -0.2) is 17.7 Å². The van der Waals surface area contributed by atoms with E-state index < -0.39 is 5.97 Å². The fraction of sp³-hybridized carbons (Fsp3) is 0.188. The molecule has 0 saturated heterocycles. The lowest BCUT2D eigenvalue weighted by atomic mass is 10.00. The summed E-state index contributed by atoms with van der Waals surface area (Å²) in [6.07, 6.45) is 0. The van der Waals surface area contributed by atoms with Gasteiger partial charge in [-0.1, -0.05) is 29.3 Å². The molecule has 0 amide bonds. The van der Waals surface area contributed by atoms with Crippen molar-refractivity contribution in [2.75, 3.05) is 6.61 Å². The number of hydrogen-bond acceptors (Lipinski definition) is 2. The molecule has 0 fully saturated rings. The first kappa shape index (κ1) is 15.7. The number of rotatable bonds is 4. The first-order chi connectivity index (χ1) is 9.92. The minimum Gasteiger partial charge on any atom is -0.492 e. The van der Waals surface area contributed by atoms with Crippen molar-refractivity contribution < 1.29 is 14.6 Å². The number of hydrogen-bond donors (Lipinski definition) is 1. The second kappa shape index (κ2) is 6.37. The molecule has 2 aromatic carbocycles. The fourth-order valence-corrected chi connectivity index (χ4v) is 2.56. The number of halogens is 2. The highest BCUT2D eigenvalue weighted by Gasteiger charge is 2.13. The number of aromatic carboxylic acids is 1. The minimum atomic E-state index is -0.979. The highest BCUT2D eigenvalue weighted by molar-refractivity contribution is 6.36. The second-order valence-corrected chi connectivity index (χ2v) is 5.40. The Kier molecular flexibility index (Phi) is 4.76. The lowest BCUT2D eigenvalue weighted by Crippen LogP contribution is -1.98. The zero-order chi connectivity index (χ0) is 15.6. The number of ether oxygens (including phenoxy) is 1. The van der Waals surface area contributed by atoms with Crippen LogP contribution in [0.1, 0.15) is 22.8 Å². The van der Waals surface area contributed by atoms with E-state index in [1.807, 2.05) is 19.9 Å². The van der Waals surface area contributed by atoms with Crippen molar-refractivity contribution in [3.8, 4) is 16.9 Å².